The zero-order valence-corrected chi connectivity index (χ0v) is 12.9. The Morgan fingerprint density at radius 1 is 1.55 bits per heavy atom. The third kappa shape index (κ3) is 2.99. The van der Waals surface area contributed by atoms with E-state index < -0.39 is 4.92 Å². The number of rotatable bonds is 4. The topological polar surface area (TPSA) is 84.3 Å². The summed E-state index contributed by atoms with van der Waals surface area (Å²) >= 11 is 3.33. The van der Waals surface area contributed by atoms with Crippen LogP contribution in [-0.2, 0) is 4.79 Å². The van der Waals surface area contributed by atoms with E-state index in [-0.39, 0.29) is 17.5 Å². The van der Waals surface area contributed by atoms with Gasteiger partial charge in [0.15, 0.2) is 0 Å². The van der Waals surface area contributed by atoms with Crippen LogP contribution in [0.15, 0.2) is 16.6 Å². The molecule has 1 fully saturated rings. The fourth-order valence-electron chi connectivity index (χ4n) is 2.08. The van der Waals surface area contributed by atoms with Crippen LogP contribution in [0.1, 0.15) is 12.5 Å². The molecule has 1 heterocycles. The molecule has 2 rings (SSSR count). The molecule has 7 heteroatoms. The highest BCUT2D eigenvalue weighted by molar-refractivity contribution is 9.10. The van der Waals surface area contributed by atoms with E-state index in [1.54, 1.807) is 13.0 Å². The Kier molecular flexibility index (Phi) is 4.39. The van der Waals surface area contributed by atoms with Crippen LogP contribution >= 0.6 is 15.9 Å². The summed E-state index contributed by atoms with van der Waals surface area (Å²) in [5.41, 5.74) is 0.990. The number of nitro benzene ring substituents is 1. The van der Waals surface area contributed by atoms with Crippen LogP contribution in [0.25, 0.3) is 0 Å². The van der Waals surface area contributed by atoms with Gasteiger partial charge in [0.1, 0.15) is 0 Å². The summed E-state index contributed by atoms with van der Waals surface area (Å²) in [7, 11) is 0. The Balaban J connectivity index is 2.17. The van der Waals surface area contributed by atoms with Crippen molar-refractivity contribution < 1.29 is 9.72 Å². The third-order valence-electron chi connectivity index (χ3n) is 3.67. The number of nitro groups is 1. The maximum Gasteiger partial charge on any atom is 0.274 e. The molecule has 1 aromatic rings. The molecule has 1 aliphatic rings. The van der Waals surface area contributed by atoms with E-state index in [0.717, 1.165) is 13.1 Å². The maximum atomic E-state index is 12.1. The molecule has 6 nitrogen and oxygen atoms in total. The van der Waals surface area contributed by atoms with Crippen LogP contribution in [0.3, 0.4) is 0 Å². The predicted octanol–water partition coefficient (Wildman–Crippen LogP) is 2.46. The zero-order valence-electron chi connectivity index (χ0n) is 11.3. The Hall–Kier alpha value is -1.47. The van der Waals surface area contributed by atoms with Gasteiger partial charge in [0.2, 0.25) is 5.91 Å². The van der Waals surface area contributed by atoms with Gasteiger partial charge in [-0.3, -0.25) is 14.9 Å². The molecule has 1 atom stereocenters. The lowest BCUT2D eigenvalue weighted by Crippen LogP contribution is -2.48. The Bertz CT molecular complexity index is 558. The summed E-state index contributed by atoms with van der Waals surface area (Å²) in [5, 5.41) is 16.8. The summed E-state index contributed by atoms with van der Waals surface area (Å²) in [6, 6.07) is 3.03. The second-order valence-corrected chi connectivity index (χ2v) is 5.93. The van der Waals surface area contributed by atoms with Crippen LogP contribution in [0.2, 0.25) is 0 Å². The highest BCUT2D eigenvalue weighted by Crippen LogP contribution is 2.31. The van der Waals surface area contributed by atoms with E-state index in [2.05, 4.69) is 26.6 Å². The van der Waals surface area contributed by atoms with Crippen molar-refractivity contribution in [3.05, 3.63) is 32.3 Å². The molecule has 0 aliphatic carbocycles. The Morgan fingerprint density at radius 3 is 2.70 bits per heavy atom. The lowest BCUT2D eigenvalue weighted by Gasteiger charge is -2.31. The second-order valence-electron chi connectivity index (χ2n) is 5.07. The quantitative estimate of drug-likeness (QED) is 0.650. The molecule has 0 saturated carbocycles. The van der Waals surface area contributed by atoms with Crippen LogP contribution in [0.4, 0.5) is 11.4 Å². The van der Waals surface area contributed by atoms with Gasteiger partial charge in [0.05, 0.1) is 10.6 Å². The molecule has 1 unspecified atom stereocenters. The van der Waals surface area contributed by atoms with E-state index in [9.17, 15) is 14.9 Å². The van der Waals surface area contributed by atoms with Crippen LogP contribution in [-0.4, -0.2) is 23.9 Å². The normalized spacial score (nSPS) is 16.4. The molecule has 1 aromatic carbocycles. The summed E-state index contributed by atoms with van der Waals surface area (Å²) < 4.78 is 0.646. The van der Waals surface area contributed by atoms with Gasteiger partial charge in [-0.1, -0.05) is 6.92 Å². The van der Waals surface area contributed by atoms with Crippen molar-refractivity contribution in [1.82, 2.24) is 5.32 Å². The minimum absolute atomic E-state index is 0.00136. The highest BCUT2D eigenvalue weighted by atomic mass is 79.9. The number of benzene rings is 1. The average molecular weight is 342 g/mol. The summed E-state index contributed by atoms with van der Waals surface area (Å²) in [6.07, 6.45) is 0. The molecule has 20 heavy (non-hydrogen) atoms. The van der Waals surface area contributed by atoms with Crippen LogP contribution in [0, 0.1) is 28.9 Å². The summed E-state index contributed by atoms with van der Waals surface area (Å²) in [4.78, 5) is 22.6. The van der Waals surface area contributed by atoms with Crippen molar-refractivity contribution in [2.24, 2.45) is 11.8 Å². The molecular formula is C13H16BrN3O3. The van der Waals surface area contributed by atoms with Gasteiger partial charge in [0, 0.05) is 22.0 Å². The first kappa shape index (κ1) is 14.9. The molecule has 1 aliphatic heterocycles. The van der Waals surface area contributed by atoms with Crippen molar-refractivity contribution in [2.45, 2.75) is 13.8 Å². The predicted molar refractivity (Wildman–Crippen MR) is 79.7 cm³/mol. The fraction of sp³-hybridized carbons (Fsp3) is 0.462. The molecular weight excluding hydrogens is 326 g/mol. The number of halogens is 1. The smallest absolute Gasteiger partial charge is 0.274 e. The number of nitrogens with one attached hydrogen (secondary N) is 2. The van der Waals surface area contributed by atoms with Crippen molar-refractivity contribution in [2.75, 3.05) is 18.4 Å². The van der Waals surface area contributed by atoms with Gasteiger partial charge >= 0.3 is 0 Å². The first-order valence-corrected chi connectivity index (χ1v) is 7.15. The molecule has 1 amide bonds. The fourth-order valence-corrected chi connectivity index (χ4v) is 2.64. The monoisotopic (exact) mass is 341 g/mol. The van der Waals surface area contributed by atoms with Crippen molar-refractivity contribution in [1.29, 1.82) is 0 Å². The van der Waals surface area contributed by atoms with Crippen LogP contribution in [0.5, 0.6) is 0 Å². The lowest BCUT2D eigenvalue weighted by molar-refractivity contribution is -0.385. The molecule has 0 spiro atoms. The number of nitrogens with zero attached hydrogens (tertiary/aromatic N) is 1. The highest BCUT2D eigenvalue weighted by Gasteiger charge is 2.29. The zero-order chi connectivity index (χ0) is 14.9. The number of carbonyl (C=O) groups excluding carboxylic acids is 1. The molecule has 108 valence electrons. The lowest BCUT2D eigenvalue weighted by atomic mass is 9.88. The van der Waals surface area contributed by atoms with Crippen molar-refractivity contribution >= 4 is 33.2 Å². The number of hydrogen-bond donors (Lipinski definition) is 2. The molecule has 1 saturated heterocycles. The summed E-state index contributed by atoms with van der Waals surface area (Å²) in [6.45, 7) is 5.21. The van der Waals surface area contributed by atoms with Gasteiger partial charge in [-0.2, -0.15) is 0 Å². The van der Waals surface area contributed by atoms with E-state index in [0.29, 0.717) is 21.6 Å². The summed E-state index contributed by atoms with van der Waals surface area (Å²) in [5.74, 6) is 0.0908. The number of carbonyl (C=O) groups is 1. The minimum atomic E-state index is -0.448. The number of anilines is 1. The van der Waals surface area contributed by atoms with E-state index in [1.807, 2.05) is 6.92 Å². The minimum Gasteiger partial charge on any atom is -0.325 e. The first-order chi connectivity index (χ1) is 9.40. The number of amides is 1. The number of hydrogen-bond acceptors (Lipinski definition) is 4. The standard InChI is InChI=1S/C13H16BrN3O3/c1-7-3-10(14)11(4-12(7)17(19)20)16-13(18)8(2)9-5-15-6-9/h3-4,8-9,15H,5-6H2,1-2H3,(H,16,18). The first-order valence-electron chi connectivity index (χ1n) is 6.36. The van der Waals surface area contributed by atoms with Gasteiger partial charge in [-0.05, 0) is 47.9 Å². The largest absolute Gasteiger partial charge is 0.325 e. The van der Waals surface area contributed by atoms with Gasteiger partial charge in [-0.25, -0.2) is 0 Å². The average Bonchev–Trinajstić information content (AvgIpc) is 2.29. The van der Waals surface area contributed by atoms with E-state index in [1.165, 1.54) is 6.07 Å². The van der Waals surface area contributed by atoms with Gasteiger partial charge in [-0.15, -0.1) is 0 Å². The van der Waals surface area contributed by atoms with E-state index in [4.69, 9.17) is 0 Å². The van der Waals surface area contributed by atoms with Gasteiger partial charge in [0.25, 0.3) is 5.69 Å². The molecule has 0 radical (unpaired) electrons. The van der Waals surface area contributed by atoms with E-state index >= 15 is 0 Å². The van der Waals surface area contributed by atoms with Crippen molar-refractivity contribution in [3.8, 4) is 0 Å². The molecule has 0 aromatic heterocycles. The SMILES string of the molecule is Cc1cc(Br)c(NC(=O)C(C)C2CNC2)cc1[N+](=O)[O-]. The Morgan fingerprint density at radius 2 is 2.20 bits per heavy atom. The number of aryl methyl sites for hydroxylation is 1. The van der Waals surface area contributed by atoms with Crippen molar-refractivity contribution in [3.63, 3.8) is 0 Å². The second kappa shape index (κ2) is 5.88. The molecule has 2 N–H and O–H groups in total. The Labute approximate surface area is 125 Å². The van der Waals surface area contributed by atoms with Crippen LogP contribution < -0.4 is 10.6 Å². The molecule has 0 bridgehead atoms. The maximum absolute atomic E-state index is 12.1. The third-order valence-corrected chi connectivity index (χ3v) is 4.33. The van der Waals surface area contributed by atoms with Gasteiger partial charge < -0.3 is 10.6 Å².